The standard InChI is InChI=1S/C12H17NO2/c1-5-6-13-9(4)10(12(14)15)7-11(13)8(2)3/h5,7-8H,1,6H2,2-4H3,(H,14,15). The monoisotopic (exact) mass is 207 g/mol. The Morgan fingerprint density at radius 3 is 2.67 bits per heavy atom. The molecule has 1 aromatic rings. The van der Waals surface area contributed by atoms with Gasteiger partial charge in [0.25, 0.3) is 0 Å². The quantitative estimate of drug-likeness (QED) is 0.771. The van der Waals surface area contributed by atoms with Crippen LogP contribution in [0.4, 0.5) is 0 Å². The molecule has 1 N–H and O–H groups in total. The third-order valence-electron chi connectivity index (χ3n) is 2.53. The zero-order valence-corrected chi connectivity index (χ0v) is 9.45. The minimum atomic E-state index is -0.864. The summed E-state index contributed by atoms with van der Waals surface area (Å²) in [4.78, 5) is 11.0. The third-order valence-corrected chi connectivity index (χ3v) is 2.53. The van der Waals surface area contributed by atoms with Crippen molar-refractivity contribution in [3.8, 4) is 0 Å². The van der Waals surface area contributed by atoms with Crippen LogP contribution in [0, 0.1) is 6.92 Å². The SMILES string of the molecule is C=CCn1c(C(C)C)cc(C(=O)O)c1C. The highest BCUT2D eigenvalue weighted by Gasteiger charge is 2.17. The summed E-state index contributed by atoms with van der Waals surface area (Å²) in [5.74, 6) is -0.547. The van der Waals surface area contributed by atoms with Crippen molar-refractivity contribution in [1.82, 2.24) is 4.57 Å². The van der Waals surface area contributed by atoms with Gasteiger partial charge in [-0.15, -0.1) is 6.58 Å². The number of allylic oxidation sites excluding steroid dienone is 1. The second-order valence-electron chi connectivity index (χ2n) is 3.93. The molecule has 0 aliphatic rings. The first-order chi connectivity index (χ1) is 6.99. The van der Waals surface area contributed by atoms with E-state index in [1.807, 2.05) is 11.5 Å². The molecule has 82 valence electrons. The Labute approximate surface area is 90.0 Å². The van der Waals surface area contributed by atoms with Gasteiger partial charge >= 0.3 is 5.97 Å². The number of aromatic nitrogens is 1. The number of carboxylic acids is 1. The summed E-state index contributed by atoms with van der Waals surface area (Å²) in [6.45, 7) is 10.3. The summed E-state index contributed by atoms with van der Waals surface area (Å²) >= 11 is 0. The van der Waals surface area contributed by atoms with Crippen LogP contribution in [0.3, 0.4) is 0 Å². The number of hydrogen-bond acceptors (Lipinski definition) is 1. The fourth-order valence-electron chi connectivity index (χ4n) is 1.74. The van der Waals surface area contributed by atoms with Crippen LogP contribution in [-0.2, 0) is 6.54 Å². The van der Waals surface area contributed by atoms with Crippen molar-refractivity contribution in [1.29, 1.82) is 0 Å². The van der Waals surface area contributed by atoms with E-state index in [9.17, 15) is 4.79 Å². The van der Waals surface area contributed by atoms with Crippen LogP contribution in [0.1, 0.15) is 41.5 Å². The highest BCUT2D eigenvalue weighted by Crippen LogP contribution is 2.22. The van der Waals surface area contributed by atoms with Crippen LogP contribution in [-0.4, -0.2) is 15.6 Å². The van der Waals surface area contributed by atoms with Crippen molar-refractivity contribution in [2.24, 2.45) is 0 Å². The molecule has 0 bridgehead atoms. The first-order valence-electron chi connectivity index (χ1n) is 5.03. The summed E-state index contributed by atoms with van der Waals surface area (Å²) in [5.41, 5.74) is 2.23. The molecule has 0 saturated heterocycles. The van der Waals surface area contributed by atoms with Gasteiger partial charge in [-0.2, -0.15) is 0 Å². The fourth-order valence-corrected chi connectivity index (χ4v) is 1.74. The lowest BCUT2D eigenvalue weighted by Crippen LogP contribution is -2.05. The van der Waals surface area contributed by atoms with Crippen molar-refractivity contribution in [3.63, 3.8) is 0 Å². The fraction of sp³-hybridized carbons (Fsp3) is 0.417. The number of hydrogen-bond donors (Lipinski definition) is 1. The minimum absolute atomic E-state index is 0.316. The summed E-state index contributed by atoms with van der Waals surface area (Å²) in [5, 5.41) is 9.01. The van der Waals surface area contributed by atoms with Gasteiger partial charge in [0.05, 0.1) is 5.56 Å². The molecule has 0 aromatic carbocycles. The maximum atomic E-state index is 11.0. The molecule has 0 fully saturated rings. The molecule has 0 saturated carbocycles. The molecule has 0 radical (unpaired) electrons. The van der Waals surface area contributed by atoms with Gasteiger partial charge < -0.3 is 9.67 Å². The first kappa shape index (κ1) is 11.6. The number of nitrogens with zero attached hydrogens (tertiary/aromatic N) is 1. The van der Waals surface area contributed by atoms with E-state index < -0.39 is 5.97 Å². The number of rotatable bonds is 4. The molecular formula is C12H17NO2. The van der Waals surface area contributed by atoms with E-state index in [4.69, 9.17) is 5.11 Å². The van der Waals surface area contributed by atoms with Crippen molar-refractivity contribution < 1.29 is 9.90 Å². The van der Waals surface area contributed by atoms with E-state index >= 15 is 0 Å². The highest BCUT2D eigenvalue weighted by atomic mass is 16.4. The van der Waals surface area contributed by atoms with E-state index in [1.165, 1.54) is 0 Å². The predicted octanol–water partition coefficient (Wildman–Crippen LogP) is 2.80. The van der Waals surface area contributed by atoms with Crippen LogP contribution in [0.15, 0.2) is 18.7 Å². The molecule has 0 aliphatic heterocycles. The van der Waals surface area contributed by atoms with Crippen molar-refractivity contribution in [3.05, 3.63) is 35.7 Å². The van der Waals surface area contributed by atoms with Gasteiger partial charge in [-0.1, -0.05) is 19.9 Å². The first-order valence-corrected chi connectivity index (χ1v) is 5.03. The van der Waals surface area contributed by atoms with Gasteiger partial charge in [0, 0.05) is 17.9 Å². The third kappa shape index (κ3) is 2.12. The molecule has 3 heteroatoms. The smallest absolute Gasteiger partial charge is 0.337 e. The largest absolute Gasteiger partial charge is 0.478 e. The number of carbonyl (C=O) groups is 1. The summed E-state index contributed by atoms with van der Waals surface area (Å²) in [6, 6.07) is 1.76. The molecule has 0 amide bonds. The van der Waals surface area contributed by atoms with Crippen LogP contribution in [0.25, 0.3) is 0 Å². The maximum Gasteiger partial charge on any atom is 0.337 e. The molecule has 0 atom stereocenters. The van der Waals surface area contributed by atoms with Crippen LogP contribution < -0.4 is 0 Å². The van der Waals surface area contributed by atoms with Crippen LogP contribution in [0.2, 0.25) is 0 Å². The second-order valence-corrected chi connectivity index (χ2v) is 3.93. The zero-order valence-electron chi connectivity index (χ0n) is 9.45. The lowest BCUT2D eigenvalue weighted by molar-refractivity contribution is 0.0696. The van der Waals surface area contributed by atoms with Crippen LogP contribution >= 0.6 is 0 Å². The van der Waals surface area contributed by atoms with Gasteiger partial charge in [-0.05, 0) is 18.9 Å². The number of carboxylic acid groups (broad SMARTS) is 1. The molecule has 0 aliphatic carbocycles. The Hall–Kier alpha value is -1.51. The van der Waals surface area contributed by atoms with Crippen molar-refractivity contribution in [2.75, 3.05) is 0 Å². The normalized spacial score (nSPS) is 10.7. The molecule has 0 spiro atoms. The average Bonchev–Trinajstić information content (AvgIpc) is 2.45. The van der Waals surface area contributed by atoms with Crippen LogP contribution in [0.5, 0.6) is 0 Å². The summed E-state index contributed by atoms with van der Waals surface area (Å²) in [7, 11) is 0. The molecular weight excluding hydrogens is 190 g/mol. The second kappa shape index (κ2) is 4.34. The number of aromatic carboxylic acids is 1. The maximum absolute atomic E-state index is 11.0. The Morgan fingerprint density at radius 2 is 2.27 bits per heavy atom. The Kier molecular flexibility index (Phi) is 3.35. The molecule has 1 heterocycles. The van der Waals surface area contributed by atoms with E-state index in [0.29, 0.717) is 18.0 Å². The van der Waals surface area contributed by atoms with Gasteiger partial charge in [0.15, 0.2) is 0 Å². The molecule has 0 unspecified atom stereocenters. The van der Waals surface area contributed by atoms with Gasteiger partial charge in [0.2, 0.25) is 0 Å². The van der Waals surface area contributed by atoms with E-state index in [2.05, 4.69) is 20.4 Å². The van der Waals surface area contributed by atoms with E-state index in [0.717, 1.165) is 11.4 Å². The predicted molar refractivity (Wildman–Crippen MR) is 60.4 cm³/mol. The Morgan fingerprint density at radius 1 is 1.67 bits per heavy atom. The topological polar surface area (TPSA) is 42.2 Å². The zero-order chi connectivity index (χ0) is 11.6. The minimum Gasteiger partial charge on any atom is -0.478 e. The van der Waals surface area contributed by atoms with E-state index in [1.54, 1.807) is 12.1 Å². The van der Waals surface area contributed by atoms with Gasteiger partial charge in [-0.25, -0.2) is 4.79 Å². The lowest BCUT2D eigenvalue weighted by atomic mass is 10.1. The molecule has 3 nitrogen and oxygen atoms in total. The molecule has 15 heavy (non-hydrogen) atoms. The summed E-state index contributed by atoms with van der Waals surface area (Å²) < 4.78 is 2.00. The Balaban J connectivity index is 3.32. The van der Waals surface area contributed by atoms with Crippen molar-refractivity contribution in [2.45, 2.75) is 33.2 Å². The summed E-state index contributed by atoms with van der Waals surface area (Å²) in [6.07, 6.45) is 1.78. The Bertz CT molecular complexity index is 389. The average molecular weight is 207 g/mol. The molecule has 1 aromatic heterocycles. The van der Waals surface area contributed by atoms with Gasteiger partial charge in [-0.3, -0.25) is 0 Å². The van der Waals surface area contributed by atoms with E-state index in [-0.39, 0.29) is 0 Å². The van der Waals surface area contributed by atoms with Gasteiger partial charge in [0.1, 0.15) is 0 Å². The van der Waals surface area contributed by atoms with Crippen molar-refractivity contribution >= 4 is 5.97 Å². The highest BCUT2D eigenvalue weighted by molar-refractivity contribution is 5.89. The molecule has 1 rings (SSSR count). The lowest BCUT2D eigenvalue weighted by Gasteiger charge is -2.11.